The maximum atomic E-state index is 11.1. The van der Waals surface area contributed by atoms with Gasteiger partial charge in [-0.15, -0.1) is 0 Å². The van der Waals surface area contributed by atoms with Gasteiger partial charge in [0.15, 0.2) is 0 Å². The maximum Gasteiger partial charge on any atom is 0.396 e. The molecule has 1 aromatic carbocycles. The highest BCUT2D eigenvalue weighted by atomic mass is 32.1. The minimum Gasteiger partial charge on any atom is -0.481 e. The van der Waals surface area contributed by atoms with Crippen LogP contribution >= 0.6 is 11.3 Å². The van der Waals surface area contributed by atoms with Gasteiger partial charge in [-0.05, 0) is 30.5 Å². The van der Waals surface area contributed by atoms with E-state index in [0.717, 1.165) is 21.6 Å². The Bertz CT molecular complexity index is 633. The summed E-state index contributed by atoms with van der Waals surface area (Å²) >= 11 is 1.01. The molecule has 0 aliphatic heterocycles. The molecule has 0 atom stereocenters. The Kier molecular flexibility index (Phi) is 1.77. The molecule has 0 unspecified atom stereocenters. The van der Waals surface area contributed by atoms with Crippen LogP contribution in [0.3, 0.4) is 0 Å². The van der Waals surface area contributed by atoms with Gasteiger partial charge in [0.25, 0.3) is 0 Å². The quantitative estimate of drug-likeness (QED) is 0.865. The van der Waals surface area contributed by atoms with Crippen molar-refractivity contribution in [3.63, 3.8) is 0 Å². The lowest BCUT2D eigenvalue weighted by Crippen LogP contribution is -2.19. The summed E-state index contributed by atoms with van der Waals surface area (Å²) in [5.41, 5.74) is 0.575. The van der Waals surface area contributed by atoms with Crippen LogP contribution in [-0.4, -0.2) is 11.1 Å². The molecule has 82 valence electrons. The Balaban J connectivity index is 2.19. The normalized spacial score (nSPS) is 17.5. The highest BCUT2D eigenvalue weighted by Crippen LogP contribution is 2.49. The summed E-state index contributed by atoms with van der Waals surface area (Å²) in [7, 11) is 0. The van der Waals surface area contributed by atoms with E-state index in [2.05, 4.69) is 0 Å². The Hall–Kier alpha value is -1.62. The van der Waals surface area contributed by atoms with Crippen molar-refractivity contribution in [2.24, 2.45) is 0 Å². The SMILES string of the molecule is O=C(O)C1(c2ccc3oc(=O)sc3c2)CC1. The maximum absolute atomic E-state index is 11.1. The van der Waals surface area contributed by atoms with Crippen LogP contribution in [0.4, 0.5) is 0 Å². The molecule has 2 aromatic rings. The molecule has 1 aliphatic carbocycles. The Morgan fingerprint density at radius 3 is 2.81 bits per heavy atom. The number of fused-ring (bicyclic) bond motifs is 1. The summed E-state index contributed by atoms with van der Waals surface area (Å²) in [6.07, 6.45) is 1.33. The topological polar surface area (TPSA) is 67.5 Å². The Labute approximate surface area is 94.1 Å². The molecular formula is C11H8O4S. The molecule has 16 heavy (non-hydrogen) atoms. The third kappa shape index (κ3) is 1.21. The van der Waals surface area contributed by atoms with Gasteiger partial charge in [-0.1, -0.05) is 17.4 Å². The fourth-order valence-electron chi connectivity index (χ4n) is 1.92. The molecule has 1 aromatic heterocycles. The Morgan fingerprint density at radius 2 is 2.19 bits per heavy atom. The lowest BCUT2D eigenvalue weighted by molar-refractivity contribution is -0.140. The molecule has 0 bridgehead atoms. The Morgan fingerprint density at radius 1 is 1.44 bits per heavy atom. The molecule has 1 saturated carbocycles. The number of carbonyl (C=O) groups is 1. The van der Waals surface area contributed by atoms with Crippen LogP contribution in [0.25, 0.3) is 10.3 Å². The molecule has 0 radical (unpaired) electrons. The highest BCUT2D eigenvalue weighted by Gasteiger charge is 2.51. The largest absolute Gasteiger partial charge is 0.481 e. The molecule has 3 rings (SSSR count). The van der Waals surface area contributed by atoms with Crippen LogP contribution in [-0.2, 0) is 10.2 Å². The zero-order chi connectivity index (χ0) is 11.3. The second kappa shape index (κ2) is 2.95. The molecule has 1 heterocycles. The number of carboxylic acids is 1. The number of hydrogen-bond acceptors (Lipinski definition) is 4. The lowest BCUT2D eigenvalue weighted by atomic mass is 9.96. The molecule has 0 saturated heterocycles. The summed E-state index contributed by atoms with van der Waals surface area (Å²) in [5.74, 6) is -0.789. The van der Waals surface area contributed by atoms with Gasteiger partial charge in [0.1, 0.15) is 5.58 Å². The molecule has 1 aliphatic rings. The van der Waals surface area contributed by atoms with E-state index in [-0.39, 0.29) is 4.94 Å². The van der Waals surface area contributed by atoms with E-state index in [1.807, 2.05) is 0 Å². The van der Waals surface area contributed by atoms with Crippen molar-refractivity contribution < 1.29 is 14.3 Å². The summed E-state index contributed by atoms with van der Waals surface area (Å²) in [6.45, 7) is 0. The van der Waals surface area contributed by atoms with Crippen LogP contribution in [0.1, 0.15) is 18.4 Å². The van der Waals surface area contributed by atoms with Gasteiger partial charge in [0.05, 0.1) is 10.1 Å². The zero-order valence-corrected chi connectivity index (χ0v) is 9.04. The smallest absolute Gasteiger partial charge is 0.396 e. The number of aliphatic carboxylic acids is 1. The van der Waals surface area contributed by atoms with E-state index in [1.165, 1.54) is 0 Å². The van der Waals surface area contributed by atoms with Crippen LogP contribution < -0.4 is 4.94 Å². The third-order valence-electron chi connectivity index (χ3n) is 3.04. The molecule has 0 amide bonds. The molecule has 4 nitrogen and oxygen atoms in total. The van der Waals surface area contributed by atoms with E-state index in [4.69, 9.17) is 9.52 Å². The standard InChI is InChI=1S/C11H8O4S/c12-9(13)11(3-4-11)6-1-2-7-8(5-6)16-10(14)15-7/h1-2,5H,3-4H2,(H,12,13). The van der Waals surface area contributed by atoms with Gasteiger partial charge < -0.3 is 9.52 Å². The van der Waals surface area contributed by atoms with Crippen molar-refractivity contribution in [2.75, 3.05) is 0 Å². The highest BCUT2D eigenvalue weighted by molar-refractivity contribution is 7.16. The summed E-state index contributed by atoms with van der Waals surface area (Å²) in [5, 5.41) is 9.15. The van der Waals surface area contributed by atoms with Crippen LogP contribution in [0, 0.1) is 0 Å². The fraction of sp³-hybridized carbons (Fsp3) is 0.273. The minimum atomic E-state index is -0.789. The molecule has 1 N–H and O–H groups in total. The van der Waals surface area contributed by atoms with Gasteiger partial charge >= 0.3 is 10.9 Å². The first-order chi connectivity index (χ1) is 7.62. The van der Waals surface area contributed by atoms with Gasteiger partial charge in [0, 0.05) is 0 Å². The van der Waals surface area contributed by atoms with Crippen LogP contribution in [0.2, 0.25) is 0 Å². The molecular weight excluding hydrogens is 228 g/mol. The molecule has 1 fully saturated rings. The van der Waals surface area contributed by atoms with Gasteiger partial charge in [-0.2, -0.15) is 0 Å². The minimum absolute atomic E-state index is 0.354. The summed E-state index contributed by atoms with van der Waals surface area (Å²) in [6, 6.07) is 5.16. The van der Waals surface area contributed by atoms with E-state index in [0.29, 0.717) is 18.4 Å². The van der Waals surface area contributed by atoms with Gasteiger partial charge in [-0.3, -0.25) is 4.79 Å². The first-order valence-corrected chi connectivity index (χ1v) is 5.71. The molecule has 0 spiro atoms. The third-order valence-corrected chi connectivity index (χ3v) is 3.83. The second-order valence-corrected chi connectivity index (χ2v) is 4.98. The monoisotopic (exact) mass is 236 g/mol. The average molecular weight is 236 g/mol. The van der Waals surface area contributed by atoms with E-state index < -0.39 is 11.4 Å². The van der Waals surface area contributed by atoms with E-state index in [9.17, 15) is 9.59 Å². The van der Waals surface area contributed by atoms with Crippen molar-refractivity contribution in [1.29, 1.82) is 0 Å². The van der Waals surface area contributed by atoms with Gasteiger partial charge in [0.2, 0.25) is 0 Å². The number of rotatable bonds is 2. The lowest BCUT2D eigenvalue weighted by Gasteiger charge is -2.08. The predicted molar refractivity (Wildman–Crippen MR) is 58.9 cm³/mol. The fourth-order valence-corrected chi connectivity index (χ4v) is 2.63. The first kappa shape index (κ1) is 9.59. The van der Waals surface area contributed by atoms with Crippen molar-refractivity contribution >= 4 is 27.6 Å². The number of benzene rings is 1. The predicted octanol–water partition coefficient (Wildman–Crippen LogP) is 1.97. The first-order valence-electron chi connectivity index (χ1n) is 4.89. The number of carboxylic acid groups (broad SMARTS) is 1. The average Bonchev–Trinajstić information content (AvgIpc) is 2.95. The van der Waals surface area contributed by atoms with Crippen molar-refractivity contribution in [3.8, 4) is 0 Å². The van der Waals surface area contributed by atoms with E-state index >= 15 is 0 Å². The van der Waals surface area contributed by atoms with Crippen LogP contribution in [0.5, 0.6) is 0 Å². The second-order valence-electron chi connectivity index (χ2n) is 4.00. The van der Waals surface area contributed by atoms with Crippen molar-refractivity contribution in [1.82, 2.24) is 0 Å². The van der Waals surface area contributed by atoms with Gasteiger partial charge in [-0.25, -0.2) is 4.79 Å². The molecule has 5 heteroatoms. The summed E-state index contributed by atoms with van der Waals surface area (Å²) in [4.78, 5) is 21.8. The van der Waals surface area contributed by atoms with Crippen LogP contribution in [0.15, 0.2) is 27.4 Å². The number of hydrogen-bond donors (Lipinski definition) is 1. The van der Waals surface area contributed by atoms with Crippen molar-refractivity contribution in [3.05, 3.63) is 33.5 Å². The summed E-state index contributed by atoms with van der Waals surface area (Å²) < 4.78 is 5.65. The zero-order valence-electron chi connectivity index (χ0n) is 8.23. The van der Waals surface area contributed by atoms with Crippen molar-refractivity contribution in [2.45, 2.75) is 18.3 Å². The van der Waals surface area contributed by atoms with E-state index in [1.54, 1.807) is 18.2 Å².